The third kappa shape index (κ3) is 3.40. The van der Waals surface area contributed by atoms with E-state index in [1.165, 1.54) is 0 Å². The highest BCUT2D eigenvalue weighted by molar-refractivity contribution is 5.99. The third-order valence-electron chi connectivity index (χ3n) is 4.57. The highest BCUT2D eigenvalue weighted by atomic mass is 16.5. The summed E-state index contributed by atoms with van der Waals surface area (Å²) in [4.78, 5) is 30.6. The second kappa shape index (κ2) is 6.31. The Balaban J connectivity index is 1.50. The summed E-state index contributed by atoms with van der Waals surface area (Å²) < 4.78 is 4.87. The van der Waals surface area contributed by atoms with Gasteiger partial charge in [-0.2, -0.15) is 4.98 Å². The van der Waals surface area contributed by atoms with E-state index in [0.29, 0.717) is 17.4 Å². The van der Waals surface area contributed by atoms with E-state index in [9.17, 15) is 9.59 Å². The lowest BCUT2D eigenvalue weighted by Crippen LogP contribution is -2.36. The number of rotatable bonds is 4. The minimum absolute atomic E-state index is 0.0547. The molecule has 25 heavy (non-hydrogen) atoms. The summed E-state index contributed by atoms with van der Waals surface area (Å²) in [6.07, 6.45) is 3.98. The number of aryl methyl sites for hydroxylation is 2. The van der Waals surface area contributed by atoms with Gasteiger partial charge >= 0.3 is 0 Å². The van der Waals surface area contributed by atoms with E-state index in [-0.39, 0.29) is 24.2 Å². The van der Waals surface area contributed by atoms with Gasteiger partial charge in [-0.3, -0.25) is 9.59 Å². The maximum absolute atomic E-state index is 12.5. The van der Waals surface area contributed by atoms with E-state index in [2.05, 4.69) is 15.5 Å². The third-order valence-corrected chi connectivity index (χ3v) is 4.57. The van der Waals surface area contributed by atoms with Crippen LogP contribution in [0.3, 0.4) is 0 Å². The molecule has 2 aliphatic rings. The lowest BCUT2D eigenvalue weighted by molar-refractivity contribution is -0.120. The molecule has 0 bridgehead atoms. The van der Waals surface area contributed by atoms with Gasteiger partial charge in [-0.25, -0.2) is 0 Å². The smallest absolute Gasteiger partial charge is 0.232 e. The number of anilines is 2. The predicted octanol–water partition coefficient (Wildman–Crippen LogP) is 2.25. The molecule has 0 saturated heterocycles. The number of nitrogens with one attached hydrogen (secondary N) is 1. The van der Waals surface area contributed by atoms with E-state index in [1.807, 2.05) is 23.1 Å². The molecule has 0 spiro atoms. The Hall–Kier alpha value is -2.70. The number of carbonyl (C=O) groups is 2. The maximum atomic E-state index is 12.5. The molecular weight excluding hydrogens is 320 g/mol. The average molecular weight is 340 g/mol. The van der Waals surface area contributed by atoms with E-state index >= 15 is 0 Å². The largest absolute Gasteiger partial charge is 0.340 e. The number of hydrogen-bond donors (Lipinski definition) is 1. The van der Waals surface area contributed by atoms with Crippen molar-refractivity contribution in [2.45, 2.75) is 39.0 Å². The minimum atomic E-state index is -0.211. The fourth-order valence-electron chi connectivity index (χ4n) is 3.19. The monoisotopic (exact) mass is 340 g/mol. The van der Waals surface area contributed by atoms with Crippen molar-refractivity contribution in [3.8, 4) is 0 Å². The van der Waals surface area contributed by atoms with Crippen LogP contribution in [0.25, 0.3) is 0 Å². The second-order valence-electron chi connectivity index (χ2n) is 6.67. The quantitative estimate of drug-likeness (QED) is 0.922. The van der Waals surface area contributed by atoms with Gasteiger partial charge in [0.15, 0.2) is 5.82 Å². The van der Waals surface area contributed by atoms with Crippen LogP contribution in [0.2, 0.25) is 0 Å². The zero-order valence-corrected chi connectivity index (χ0v) is 14.1. The van der Waals surface area contributed by atoms with E-state index in [0.717, 1.165) is 43.5 Å². The molecule has 7 heteroatoms. The van der Waals surface area contributed by atoms with Crippen molar-refractivity contribution in [2.75, 3.05) is 16.8 Å². The van der Waals surface area contributed by atoms with Crippen LogP contribution in [0.4, 0.5) is 11.4 Å². The van der Waals surface area contributed by atoms with Crippen LogP contribution in [-0.2, 0) is 22.4 Å². The molecule has 1 aliphatic heterocycles. The van der Waals surface area contributed by atoms with Crippen molar-refractivity contribution in [3.05, 3.63) is 35.5 Å². The van der Waals surface area contributed by atoms with Gasteiger partial charge in [0.25, 0.3) is 0 Å². The van der Waals surface area contributed by atoms with E-state index in [4.69, 9.17) is 4.52 Å². The number of aromatic nitrogens is 2. The van der Waals surface area contributed by atoms with Gasteiger partial charge in [-0.15, -0.1) is 0 Å². The van der Waals surface area contributed by atoms with Crippen molar-refractivity contribution in [1.82, 2.24) is 10.1 Å². The Labute approximate surface area is 145 Å². The van der Waals surface area contributed by atoms with Crippen molar-refractivity contribution in [1.29, 1.82) is 0 Å². The first kappa shape index (κ1) is 15.8. The Morgan fingerprint density at radius 1 is 1.36 bits per heavy atom. The first-order valence-electron chi connectivity index (χ1n) is 8.63. The number of fused-ring (bicyclic) bond motifs is 1. The van der Waals surface area contributed by atoms with Gasteiger partial charge in [0.2, 0.25) is 17.7 Å². The van der Waals surface area contributed by atoms with Crippen LogP contribution < -0.4 is 10.2 Å². The fraction of sp³-hybridized carbons (Fsp3) is 0.444. The topological polar surface area (TPSA) is 88.3 Å². The Morgan fingerprint density at radius 3 is 2.92 bits per heavy atom. The van der Waals surface area contributed by atoms with Crippen LogP contribution in [0, 0.1) is 12.8 Å². The van der Waals surface area contributed by atoms with Crippen molar-refractivity contribution < 1.29 is 14.1 Å². The molecule has 0 radical (unpaired) electrons. The highest BCUT2D eigenvalue weighted by Gasteiger charge is 2.35. The summed E-state index contributed by atoms with van der Waals surface area (Å²) in [5.74, 6) is 0.985. The Kier molecular flexibility index (Phi) is 3.99. The van der Waals surface area contributed by atoms with Gasteiger partial charge in [0.05, 0.1) is 6.42 Å². The zero-order valence-electron chi connectivity index (χ0n) is 14.1. The van der Waals surface area contributed by atoms with E-state index in [1.54, 1.807) is 6.92 Å². The maximum Gasteiger partial charge on any atom is 0.232 e. The van der Waals surface area contributed by atoms with Crippen molar-refractivity contribution >= 4 is 23.2 Å². The molecule has 4 rings (SSSR count). The Morgan fingerprint density at radius 2 is 2.20 bits per heavy atom. The molecule has 1 aromatic carbocycles. The van der Waals surface area contributed by atoms with Crippen LogP contribution in [0.5, 0.6) is 0 Å². The summed E-state index contributed by atoms with van der Waals surface area (Å²) in [6, 6.07) is 5.77. The van der Waals surface area contributed by atoms with Gasteiger partial charge in [0.1, 0.15) is 0 Å². The van der Waals surface area contributed by atoms with Crippen LogP contribution in [0.15, 0.2) is 22.7 Å². The first-order chi connectivity index (χ1) is 12.1. The summed E-state index contributed by atoms with van der Waals surface area (Å²) >= 11 is 0. The molecule has 1 aliphatic carbocycles. The lowest BCUT2D eigenvalue weighted by atomic mass is 10.0. The van der Waals surface area contributed by atoms with Crippen molar-refractivity contribution in [2.24, 2.45) is 5.92 Å². The Bertz CT molecular complexity index is 825. The lowest BCUT2D eigenvalue weighted by Gasteiger charge is -2.30. The molecule has 7 nitrogen and oxygen atoms in total. The van der Waals surface area contributed by atoms with Gasteiger partial charge in [0, 0.05) is 30.8 Å². The molecule has 2 amide bonds. The number of hydrogen-bond acceptors (Lipinski definition) is 5. The minimum Gasteiger partial charge on any atom is -0.340 e. The van der Waals surface area contributed by atoms with Crippen LogP contribution >= 0.6 is 0 Å². The average Bonchev–Trinajstić information content (AvgIpc) is 3.37. The predicted molar refractivity (Wildman–Crippen MR) is 91.2 cm³/mol. The molecule has 2 heterocycles. The molecule has 1 saturated carbocycles. The molecule has 2 aromatic rings. The number of carbonyl (C=O) groups excluding carboxylic acids is 2. The van der Waals surface area contributed by atoms with Gasteiger partial charge in [-0.1, -0.05) is 11.2 Å². The molecule has 130 valence electrons. The SMILES string of the molecule is Cc1nc(CC(=O)Nc2ccc3c(c2)N(C(=O)C2CC2)CCC3)no1. The summed E-state index contributed by atoms with van der Waals surface area (Å²) in [7, 11) is 0. The van der Waals surface area contributed by atoms with Crippen molar-refractivity contribution in [3.63, 3.8) is 0 Å². The molecular formula is C18H20N4O3. The first-order valence-corrected chi connectivity index (χ1v) is 8.63. The van der Waals surface area contributed by atoms with Crippen LogP contribution in [0.1, 0.15) is 36.5 Å². The summed E-state index contributed by atoms with van der Waals surface area (Å²) in [6.45, 7) is 2.44. The number of nitrogens with zero attached hydrogens (tertiary/aromatic N) is 3. The molecule has 0 unspecified atom stereocenters. The zero-order chi connectivity index (χ0) is 17.4. The van der Waals surface area contributed by atoms with E-state index < -0.39 is 0 Å². The summed E-state index contributed by atoms with van der Waals surface area (Å²) in [5, 5.41) is 6.58. The fourth-order valence-corrected chi connectivity index (χ4v) is 3.19. The van der Waals surface area contributed by atoms with Gasteiger partial charge in [-0.05, 0) is 43.4 Å². The number of benzene rings is 1. The molecule has 1 aromatic heterocycles. The van der Waals surface area contributed by atoms with Gasteiger partial charge < -0.3 is 14.7 Å². The normalized spacial score (nSPS) is 16.4. The second-order valence-corrected chi connectivity index (χ2v) is 6.67. The van der Waals surface area contributed by atoms with Crippen LogP contribution in [-0.4, -0.2) is 28.5 Å². The molecule has 0 atom stereocenters. The molecule has 1 N–H and O–H groups in total. The highest BCUT2D eigenvalue weighted by Crippen LogP contribution is 2.36. The number of amides is 2. The summed E-state index contributed by atoms with van der Waals surface area (Å²) in [5.41, 5.74) is 2.77. The molecule has 1 fully saturated rings. The standard InChI is InChI=1S/C18H20N4O3/c1-11-19-16(21-25-11)10-17(23)20-14-7-6-12-3-2-8-22(15(12)9-14)18(24)13-4-5-13/h6-7,9,13H,2-5,8,10H2,1H3,(H,20,23).